The molecular weight excluding hydrogens is 320 g/mol. The molecule has 1 aromatic carbocycles. The number of rotatable bonds is 6. The highest BCUT2D eigenvalue weighted by atomic mass is 15.2. The third-order valence-electron chi connectivity index (χ3n) is 5.98. The van der Waals surface area contributed by atoms with Gasteiger partial charge in [0.1, 0.15) is 0 Å². The van der Waals surface area contributed by atoms with Gasteiger partial charge in [-0.2, -0.15) is 5.10 Å². The summed E-state index contributed by atoms with van der Waals surface area (Å²) < 4.78 is 0. The Labute approximate surface area is 157 Å². The van der Waals surface area contributed by atoms with Crippen molar-refractivity contribution in [2.24, 2.45) is 5.92 Å². The summed E-state index contributed by atoms with van der Waals surface area (Å²) >= 11 is 0. The van der Waals surface area contributed by atoms with E-state index in [9.17, 15) is 0 Å². The highest BCUT2D eigenvalue weighted by molar-refractivity contribution is 5.27. The van der Waals surface area contributed by atoms with E-state index in [0.29, 0.717) is 0 Å². The van der Waals surface area contributed by atoms with E-state index in [1.54, 1.807) is 0 Å². The average molecular weight is 353 g/mol. The Hall–Kier alpha value is -1.65. The number of hydrogen-bond donors (Lipinski definition) is 1. The van der Waals surface area contributed by atoms with Crippen molar-refractivity contribution in [2.45, 2.75) is 51.6 Å². The van der Waals surface area contributed by atoms with Crippen LogP contribution in [0.15, 0.2) is 30.3 Å². The normalized spacial score (nSPS) is 21.1. The van der Waals surface area contributed by atoms with Gasteiger partial charge in [0.15, 0.2) is 0 Å². The molecule has 1 atom stereocenters. The zero-order valence-corrected chi connectivity index (χ0v) is 16.1. The number of piperidine rings is 1. The summed E-state index contributed by atoms with van der Waals surface area (Å²) in [5.41, 5.74) is 5.63. The van der Waals surface area contributed by atoms with Gasteiger partial charge in [-0.15, -0.1) is 0 Å². The summed E-state index contributed by atoms with van der Waals surface area (Å²) in [6.07, 6.45) is 7.70. The number of nitrogens with zero attached hydrogens (tertiary/aromatic N) is 3. The van der Waals surface area contributed by atoms with Crippen LogP contribution in [0, 0.1) is 5.92 Å². The molecule has 4 heteroatoms. The quantitative estimate of drug-likeness (QED) is 0.862. The summed E-state index contributed by atoms with van der Waals surface area (Å²) in [7, 11) is 2.26. The third-order valence-corrected chi connectivity index (χ3v) is 5.98. The van der Waals surface area contributed by atoms with Crippen molar-refractivity contribution < 1.29 is 0 Å². The molecule has 1 aromatic heterocycles. The third kappa shape index (κ3) is 4.36. The number of aryl methyl sites for hydroxylation is 1. The van der Waals surface area contributed by atoms with Gasteiger partial charge >= 0.3 is 0 Å². The van der Waals surface area contributed by atoms with Crippen molar-refractivity contribution in [1.82, 2.24) is 20.0 Å². The van der Waals surface area contributed by atoms with Gasteiger partial charge in [-0.3, -0.25) is 10.00 Å². The second kappa shape index (κ2) is 8.36. The fourth-order valence-electron chi connectivity index (χ4n) is 4.73. The van der Waals surface area contributed by atoms with Crippen LogP contribution in [0.2, 0.25) is 0 Å². The smallest absolute Gasteiger partial charge is 0.0796 e. The molecule has 2 heterocycles. The van der Waals surface area contributed by atoms with Crippen molar-refractivity contribution in [3.63, 3.8) is 0 Å². The molecule has 1 aliphatic carbocycles. The molecule has 2 aliphatic rings. The Bertz CT molecular complexity index is 693. The van der Waals surface area contributed by atoms with Crippen molar-refractivity contribution in [1.29, 1.82) is 0 Å². The lowest BCUT2D eigenvalue weighted by Crippen LogP contribution is -2.39. The Balaban J connectivity index is 1.30. The molecule has 0 spiro atoms. The monoisotopic (exact) mass is 352 g/mol. The summed E-state index contributed by atoms with van der Waals surface area (Å²) in [6.45, 7) is 5.71. The zero-order chi connectivity index (χ0) is 17.8. The van der Waals surface area contributed by atoms with Crippen molar-refractivity contribution in [2.75, 3.05) is 26.7 Å². The van der Waals surface area contributed by atoms with Gasteiger partial charge in [-0.25, -0.2) is 0 Å². The molecule has 26 heavy (non-hydrogen) atoms. The fraction of sp³-hybridized carbons (Fsp3) is 0.591. The van der Waals surface area contributed by atoms with E-state index in [1.165, 1.54) is 80.7 Å². The lowest BCUT2D eigenvalue weighted by molar-refractivity contribution is 0.135. The van der Waals surface area contributed by atoms with Gasteiger partial charge in [0.05, 0.1) is 5.69 Å². The van der Waals surface area contributed by atoms with Crippen LogP contribution < -0.4 is 0 Å². The molecule has 0 radical (unpaired) electrons. The lowest BCUT2D eigenvalue weighted by Gasteiger charge is -2.34. The minimum atomic E-state index is 0.771. The first-order valence-electron chi connectivity index (χ1n) is 10.3. The Morgan fingerprint density at radius 2 is 2.00 bits per heavy atom. The molecule has 1 fully saturated rings. The number of benzene rings is 1. The standard InChI is InChI=1S/C22H32N4/c1-25(17-22-20-11-5-6-12-21(20)23-24-22)14-19-10-7-13-26(16-19)15-18-8-3-2-4-9-18/h2-4,8-9,19H,5-7,10-17H2,1H3,(H,23,24). The second-order valence-corrected chi connectivity index (χ2v) is 8.26. The Morgan fingerprint density at radius 3 is 2.88 bits per heavy atom. The summed E-state index contributed by atoms with van der Waals surface area (Å²) in [4.78, 5) is 5.12. The first-order chi connectivity index (χ1) is 12.8. The van der Waals surface area contributed by atoms with Gasteiger partial charge in [0, 0.05) is 31.9 Å². The topological polar surface area (TPSA) is 35.2 Å². The van der Waals surface area contributed by atoms with Crippen molar-refractivity contribution >= 4 is 0 Å². The van der Waals surface area contributed by atoms with Crippen molar-refractivity contribution in [3.05, 3.63) is 52.8 Å². The number of hydrogen-bond acceptors (Lipinski definition) is 3. The van der Waals surface area contributed by atoms with Gasteiger partial charge in [-0.05, 0) is 69.2 Å². The minimum absolute atomic E-state index is 0.771. The van der Waals surface area contributed by atoms with E-state index in [2.05, 4.69) is 57.4 Å². The molecule has 0 amide bonds. The maximum Gasteiger partial charge on any atom is 0.0796 e. The van der Waals surface area contributed by atoms with Gasteiger partial charge in [0.2, 0.25) is 0 Å². The lowest BCUT2D eigenvalue weighted by atomic mass is 9.95. The molecule has 1 aliphatic heterocycles. The van der Waals surface area contributed by atoms with E-state index < -0.39 is 0 Å². The predicted octanol–water partition coefficient (Wildman–Crippen LogP) is 3.63. The van der Waals surface area contributed by atoms with E-state index in [4.69, 9.17) is 0 Å². The molecule has 0 bridgehead atoms. The molecule has 1 N–H and O–H groups in total. The van der Waals surface area contributed by atoms with Gasteiger partial charge in [0.25, 0.3) is 0 Å². The van der Waals surface area contributed by atoms with Crippen LogP contribution in [0.3, 0.4) is 0 Å². The van der Waals surface area contributed by atoms with Crippen LogP contribution in [-0.2, 0) is 25.9 Å². The molecule has 1 saturated heterocycles. The number of nitrogens with one attached hydrogen (secondary N) is 1. The van der Waals surface area contributed by atoms with E-state index >= 15 is 0 Å². The maximum atomic E-state index is 4.62. The number of likely N-dealkylation sites (tertiary alicyclic amines) is 1. The molecular formula is C22H32N4. The molecule has 4 rings (SSSR count). The summed E-state index contributed by atoms with van der Waals surface area (Å²) in [5, 5.41) is 7.91. The summed E-state index contributed by atoms with van der Waals surface area (Å²) in [5.74, 6) is 0.771. The van der Waals surface area contributed by atoms with Gasteiger partial charge in [-0.1, -0.05) is 30.3 Å². The number of H-pyrrole nitrogens is 1. The molecule has 0 saturated carbocycles. The minimum Gasteiger partial charge on any atom is -0.300 e. The van der Waals surface area contributed by atoms with Crippen LogP contribution in [0.5, 0.6) is 0 Å². The largest absolute Gasteiger partial charge is 0.300 e. The molecule has 1 unspecified atom stereocenters. The van der Waals surface area contributed by atoms with Gasteiger partial charge < -0.3 is 4.90 Å². The molecule has 4 nitrogen and oxygen atoms in total. The zero-order valence-electron chi connectivity index (χ0n) is 16.1. The van der Waals surface area contributed by atoms with Crippen LogP contribution in [0.4, 0.5) is 0 Å². The molecule has 140 valence electrons. The highest BCUT2D eigenvalue weighted by Crippen LogP contribution is 2.24. The average Bonchev–Trinajstić information content (AvgIpc) is 3.06. The SMILES string of the molecule is CN(Cc1n[nH]c2c1CCCC2)CC1CCCN(Cc2ccccc2)C1. The molecule has 2 aromatic rings. The highest BCUT2D eigenvalue weighted by Gasteiger charge is 2.23. The fourth-order valence-corrected chi connectivity index (χ4v) is 4.73. The van der Waals surface area contributed by atoms with Crippen LogP contribution in [0.25, 0.3) is 0 Å². The number of aromatic amines is 1. The van der Waals surface area contributed by atoms with Crippen molar-refractivity contribution in [3.8, 4) is 0 Å². The number of fused-ring (bicyclic) bond motifs is 1. The predicted molar refractivity (Wildman–Crippen MR) is 106 cm³/mol. The van der Waals surface area contributed by atoms with E-state index in [-0.39, 0.29) is 0 Å². The van der Waals surface area contributed by atoms with E-state index in [1.807, 2.05) is 0 Å². The first-order valence-corrected chi connectivity index (χ1v) is 10.3. The first kappa shape index (κ1) is 17.7. The van der Waals surface area contributed by atoms with Crippen LogP contribution >= 0.6 is 0 Å². The maximum absolute atomic E-state index is 4.62. The summed E-state index contributed by atoms with van der Waals surface area (Å²) in [6, 6.07) is 10.9. The van der Waals surface area contributed by atoms with Crippen LogP contribution in [-0.4, -0.2) is 46.7 Å². The van der Waals surface area contributed by atoms with Crippen LogP contribution in [0.1, 0.15) is 48.2 Å². The Morgan fingerprint density at radius 1 is 1.15 bits per heavy atom. The number of aromatic nitrogens is 2. The van der Waals surface area contributed by atoms with E-state index in [0.717, 1.165) is 19.0 Å². The second-order valence-electron chi connectivity index (χ2n) is 8.26. The Kier molecular flexibility index (Phi) is 5.71.